The van der Waals surface area contributed by atoms with Crippen molar-refractivity contribution in [2.75, 3.05) is 73.4 Å². The lowest BCUT2D eigenvalue weighted by atomic mass is 10.0. The molecule has 7 heteroatoms. The van der Waals surface area contributed by atoms with Crippen LogP contribution in [0, 0.1) is 0 Å². The summed E-state index contributed by atoms with van der Waals surface area (Å²) in [4.78, 5) is 4.61. The van der Waals surface area contributed by atoms with Gasteiger partial charge in [0.05, 0.1) is 32.5 Å². The van der Waals surface area contributed by atoms with Gasteiger partial charge in [-0.15, -0.1) is 0 Å². The third-order valence-corrected chi connectivity index (χ3v) is 5.21. The van der Waals surface area contributed by atoms with E-state index in [0.717, 1.165) is 69.4 Å². The number of benzene rings is 1. The molecule has 0 saturated carbocycles. The molecule has 0 unspecified atom stereocenters. The molecule has 1 aromatic carbocycles. The zero-order valence-corrected chi connectivity index (χ0v) is 16.5. The van der Waals surface area contributed by atoms with Crippen molar-refractivity contribution < 1.29 is 24.1 Å². The number of likely N-dealkylation sites (tertiary alicyclic amines) is 1. The van der Waals surface area contributed by atoms with Gasteiger partial charge in [-0.05, 0) is 24.1 Å². The lowest BCUT2D eigenvalue weighted by Crippen LogP contribution is -2.48. The second-order valence-electron chi connectivity index (χ2n) is 7.40. The normalized spacial score (nSPS) is 24.3. The van der Waals surface area contributed by atoms with Crippen LogP contribution in [0.15, 0.2) is 18.2 Å². The molecule has 3 rings (SSSR count). The van der Waals surface area contributed by atoms with Crippen LogP contribution in [-0.2, 0) is 16.0 Å². The van der Waals surface area contributed by atoms with Gasteiger partial charge in [0.25, 0.3) is 0 Å². The molecule has 7 nitrogen and oxygen atoms in total. The number of aliphatic hydroxyl groups is 1. The SMILES string of the molecule is COCCOc1cc(CN2CC[C@@](O)(CN3CCOCC3)C2)ccc1OC. The van der Waals surface area contributed by atoms with Gasteiger partial charge in [0.1, 0.15) is 6.61 Å². The molecule has 0 amide bonds. The van der Waals surface area contributed by atoms with Crippen molar-refractivity contribution in [1.29, 1.82) is 0 Å². The molecule has 1 atom stereocenters. The molecule has 2 aliphatic heterocycles. The first kappa shape index (κ1) is 20.4. The van der Waals surface area contributed by atoms with Crippen LogP contribution < -0.4 is 9.47 Å². The summed E-state index contributed by atoms with van der Waals surface area (Å²) in [7, 11) is 3.30. The Morgan fingerprint density at radius 3 is 2.63 bits per heavy atom. The Morgan fingerprint density at radius 2 is 1.89 bits per heavy atom. The molecule has 0 aliphatic carbocycles. The number of rotatable bonds is 9. The van der Waals surface area contributed by atoms with E-state index in [9.17, 15) is 5.11 Å². The third-order valence-electron chi connectivity index (χ3n) is 5.21. The van der Waals surface area contributed by atoms with Crippen molar-refractivity contribution in [3.05, 3.63) is 23.8 Å². The smallest absolute Gasteiger partial charge is 0.161 e. The van der Waals surface area contributed by atoms with Gasteiger partial charge in [-0.2, -0.15) is 0 Å². The maximum atomic E-state index is 11.0. The number of ether oxygens (including phenoxy) is 4. The van der Waals surface area contributed by atoms with Crippen molar-refractivity contribution in [1.82, 2.24) is 9.80 Å². The molecule has 2 saturated heterocycles. The van der Waals surface area contributed by atoms with E-state index in [0.29, 0.717) is 19.8 Å². The van der Waals surface area contributed by atoms with Gasteiger partial charge < -0.3 is 24.1 Å². The van der Waals surface area contributed by atoms with E-state index in [4.69, 9.17) is 18.9 Å². The largest absolute Gasteiger partial charge is 0.493 e. The third kappa shape index (κ3) is 5.80. The lowest BCUT2D eigenvalue weighted by molar-refractivity contribution is -0.0266. The topological polar surface area (TPSA) is 63.6 Å². The van der Waals surface area contributed by atoms with E-state index in [1.807, 2.05) is 12.1 Å². The molecule has 2 aliphatic rings. The highest BCUT2D eigenvalue weighted by molar-refractivity contribution is 5.43. The number of methoxy groups -OCH3 is 2. The van der Waals surface area contributed by atoms with Crippen molar-refractivity contribution >= 4 is 0 Å². The molecule has 1 N–H and O–H groups in total. The first-order valence-electron chi connectivity index (χ1n) is 9.65. The van der Waals surface area contributed by atoms with Crippen molar-refractivity contribution in [2.24, 2.45) is 0 Å². The molecular weight excluding hydrogens is 348 g/mol. The van der Waals surface area contributed by atoms with E-state index >= 15 is 0 Å². The first-order valence-corrected chi connectivity index (χ1v) is 9.65. The standard InChI is InChI=1S/C20H32N2O5/c1-24-11-12-27-19-13-17(3-4-18(19)25-2)14-22-6-5-20(23,16-22)15-21-7-9-26-10-8-21/h3-4,13,23H,5-12,14-16H2,1-2H3/t20-/m1/s1. The van der Waals surface area contributed by atoms with Crippen LogP contribution in [0.1, 0.15) is 12.0 Å². The molecule has 0 spiro atoms. The molecular formula is C20H32N2O5. The van der Waals surface area contributed by atoms with Gasteiger partial charge in [-0.25, -0.2) is 0 Å². The average molecular weight is 380 g/mol. The summed E-state index contributed by atoms with van der Waals surface area (Å²) in [5.41, 5.74) is 0.514. The van der Waals surface area contributed by atoms with Crippen LogP contribution in [0.5, 0.6) is 11.5 Å². The zero-order valence-electron chi connectivity index (χ0n) is 16.5. The fourth-order valence-corrected chi connectivity index (χ4v) is 3.81. The summed E-state index contributed by atoms with van der Waals surface area (Å²) in [5, 5.41) is 11.0. The zero-order chi connectivity index (χ0) is 19.1. The average Bonchev–Trinajstić information content (AvgIpc) is 3.03. The molecule has 0 aromatic heterocycles. The Kier molecular flexibility index (Phi) is 7.32. The highest BCUT2D eigenvalue weighted by Gasteiger charge is 2.37. The summed E-state index contributed by atoms with van der Waals surface area (Å²) in [5.74, 6) is 1.45. The predicted molar refractivity (Wildman–Crippen MR) is 102 cm³/mol. The fourth-order valence-electron chi connectivity index (χ4n) is 3.81. The van der Waals surface area contributed by atoms with Crippen molar-refractivity contribution in [2.45, 2.75) is 18.6 Å². The van der Waals surface area contributed by atoms with E-state index in [2.05, 4.69) is 15.9 Å². The predicted octanol–water partition coefficient (Wildman–Crippen LogP) is 0.989. The van der Waals surface area contributed by atoms with E-state index in [1.54, 1.807) is 14.2 Å². The van der Waals surface area contributed by atoms with Crippen LogP contribution >= 0.6 is 0 Å². The summed E-state index contributed by atoms with van der Waals surface area (Å²) in [6.07, 6.45) is 0.803. The Balaban J connectivity index is 1.56. The van der Waals surface area contributed by atoms with Crippen LogP contribution in [0.3, 0.4) is 0 Å². The molecule has 0 bridgehead atoms. The molecule has 0 radical (unpaired) electrons. The van der Waals surface area contributed by atoms with Crippen molar-refractivity contribution in [3.8, 4) is 11.5 Å². The second-order valence-corrected chi connectivity index (χ2v) is 7.40. The fraction of sp³-hybridized carbons (Fsp3) is 0.700. The van der Waals surface area contributed by atoms with E-state index < -0.39 is 5.60 Å². The summed E-state index contributed by atoms with van der Waals surface area (Å²) >= 11 is 0. The van der Waals surface area contributed by atoms with Crippen LogP contribution in [0.25, 0.3) is 0 Å². The van der Waals surface area contributed by atoms with E-state index in [-0.39, 0.29) is 0 Å². The summed E-state index contributed by atoms with van der Waals surface area (Å²) in [6, 6.07) is 6.02. The van der Waals surface area contributed by atoms with Gasteiger partial charge in [-0.1, -0.05) is 6.07 Å². The van der Waals surface area contributed by atoms with Crippen LogP contribution in [-0.4, -0.2) is 93.9 Å². The Labute approximate surface area is 161 Å². The Morgan fingerprint density at radius 1 is 1.07 bits per heavy atom. The number of morpholine rings is 1. The van der Waals surface area contributed by atoms with E-state index in [1.165, 1.54) is 0 Å². The number of hydrogen-bond acceptors (Lipinski definition) is 7. The molecule has 1 aromatic rings. The second kappa shape index (κ2) is 9.71. The van der Waals surface area contributed by atoms with Gasteiger partial charge in [0.2, 0.25) is 0 Å². The first-order chi connectivity index (χ1) is 13.1. The minimum atomic E-state index is -0.637. The lowest BCUT2D eigenvalue weighted by Gasteiger charge is -2.33. The summed E-state index contributed by atoms with van der Waals surface area (Å²) < 4.78 is 21.6. The van der Waals surface area contributed by atoms with Gasteiger partial charge in [0, 0.05) is 46.4 Å². The molecule has 27 heavy (non-hydrogen) atoms. The van der Waals surface area contributed by atoms with Gasteiger partial charge in [-0.3, -0.25) is 9.80 Å². The van der Waals surface area contributed by atoms with Gasteiger partial charge >= 0.3 is 0 Å². The van der Waals surface area contributed by atoms with Gasteiger partial charge in [0.15, 0.2) is 11.5 Å². The monoisotopic (exact) mass is 380 g/mol. The minimum Gasteiger partial charge on any atom is -0.493 e. The number of hydrogen-bond donors (Lipinski definition) is 1. The van der Waals surface area contributed by atoms with Crippen LogP contribution in [0.2, 0.25) is 0 Å². The summed E-state index contributed by atoms with van der Waals surface area (Å²) in [6.45, 7) is 7.45. The Hall–Kier alpha value is -1.38. The maximum absolute atomic E-state index is 11.0. The molecule has 2 heterocycles. The number of β-amino-alcohol motifs (C(OH)–C–C–N with tert-alkyl or cyclic N) is 1. The highest BCUT2D eigenvalue weighted by Crippen LogP contribution is 2.30. The number of nitrogens with zero attached hydrogens (tertiary/aromatic N) is 2. The molecule has 152 valence electrons. The van der Waals surface area contributed by atoms with Crippen molar-refractivity contribution in [3.63, 3.8) is 0 Å². The maximum Gasteiger partial charge on any atom is 0.161 e. The quantitative estimate of drug-likeness (QED) is 0.641. The minimum absolute atomic E-state index is 0.485. The van der Waals surface area contributed by atoms with Crippen LogP contribution in [0.4, 0.5) is 0 Å². The Bertz CT molecular complexity index is 594. The molecule has 2 fully saturated rings. The highest BCUT2D eigenvalue weighted by atomic mass is 16.5.